The third kappa shape index (κ3) is 4.15. The molecule has 0 aliphatic heterocycles. The van der Waals surface area contributed by atoms with Crippen LogP contribution in [0.3, 0.4) is 0 Å². The van der Waals surface area contributed by atoms with Gasteiger partial charge in [0.05, 0.1) is 0 Å². The van der Waals surface area contributed by atoms with Crippen LogP contribution in [0.2, 0.25) is 0 Å². The Morgan fingerprint density at radius 2 is 2.00 bits per heavy atom. The lowest BCUT2D eigenvalue weighted by molar-refractivity contribution is 0.102. The van der Waals surface area contributed by atoms with Crippen LogP contribution in [0.5, 0.6) is 0 Å². The van der Waals surface area contributed by atoms with Crippen LogP contribution in [0.15, 0.2) is 43.0 Å². The lowest BCUT2D eigenvalue weighted by Gasteiger charge is -2.08. The predicted molar refractivity (Wildman–Crippen MR) is 89.2 cm³/mol. The van der Waals surface area contributed by atoms with E-state index in [9.17, 15) is 4.79 Å². The van der Waals surface area contributed by atoms with E-state index in [-0.39, 0.29) is 5.91 Å². The third-order valence-corrected chi connectivity index (χ3v) is 3.12. The van der Waals surface area contributed by atoms with Crippen molar-refractivity contribution in [3.63, 3.8) is 0 Å². The Morgan fingerprint density at radius 3 is 2.64 bits per heavy atom. The van der Waals surface area contributed by atoms with Crippen LogP contribution in [0.25, 0.3) is 0 Å². The number of amides is 1. The first-order chi connectivity index (χ1) is 10.6. The maximum atomic E-state index is 12.3. The van der Waals surface area contributed by atoms with Crippen molar-refractivity contribution in [1.82, 2.24) is 9.97 Å². The van der Waals surface area contributed by atoms with E-state index in [1.54, 1.807) is 19.1 Å². The molecule has 1 aromatic carbocycles. The second-order valence-corrected chi connectivity index (χ2v) is 4.86. The summed E-state index contributed by atoms with van der Waals surface area (Å²) in [6, 6.07) is 9.41. The minimum absolute atomic E-state index is 0.253. The minimum atomic E-state index is -0.253. The maximum Gasteiger partial charge on any atom is 0.274 e. The number of benzene rings is 1. The number of hydrogen-bond acceptors (Lipinski definition) is 4. The fraction of sp³-hybridized carbons (Fsp3) is 0.235. The summed E-state index contributed by atoms with van der Waals surface area (Å²) in [7, 11) is 0. The highest BCUT2D eigenvalue weighted by Crippen LogP contribution is 2.13. The van der Waals surface area contributed by atoms with Gasteiger partial charge in [-0.05, 0) is 31.0 Å². The minimum Gasteiger partial charge on any atom is -0.366 e. The number of carbonyl (C=O) groups excluding carboxylic acids is 1. The normalized spacial score (nSPS) is 10.1. The molecule has 0 radical (unpaired) electrons. The molecule has 2 rings (SSSR count). The first-order valence-corrected chi connectivity index (χ1v) is 7.23. The average molecular weight is 296 g/mol. The van der Waals surface area contributed by atoms with Crippen molar-refractivity contribution in [2.75, 3.05) is 17.2 Å². The first-order valence-electron chi connectivity index (χ1n) is 7.23. The summed E-state index contributed by atoms with van der Waals surface area (Å²) in [5.41, 5.74) is 2.31. The molecule has 0 spiro atoms. The fourth-order valence-electron chi connectivity index (χ4n) is 1.97. The van der Waals surface area contributed by atoms with Crippen molar-refractivity contribution in [2.24, 2.45) is 0 Å². The van der Waals surface area contributed by atoms with Gasteiger partial charge in [0.25, 0.3) is 5.91 Å². The second kappa shape index (κ2) is 7.36. The quantitative estimate of drug-likeness (QED) is 0.803. The highest BCUT2D eigenvalue weighted by atomic mass is 16.1. The van der Waals surface area contributed by atoms with Gasteiger partial charge in [0.2, 0.25) is 0 Å². The Kier molecular flexibility index (Phi) is 5.25. The molecular formula is C17H20N4O. The summed E-state index contributed by atoms with van der Waals surface area (Å²) >= 11 is 0. The van der Waals surface area contributed by atoms with Crippen LogP contribution in [-0.4, -0.2) is 22.4 Å². The van der Waals surface area contributed by atoms with Crippen molar-refractivity contribution >= 4 is 17.4 Å². The van der Waals surface area contributed by atoms with Crippen molar-refractivity contribution < 1.29 is 4.79 Å². The van der Waals surface area contributed by atoms with Crippen LogP contribution in [-0.2, 0) is 6.42 Å². The number of nitrogens with one attached hydrogen (secondary N) is 2. The number of rotatable bonds is 6. The predicted octanol–water partition coefficient (Wildman–Crippen LogP) is 3.20. The topological polar surface area (TPSA) is 66.9 Å². The molecular weight excluding hydrogens is 276 g/mol. The van der Waals surface area contributed by atoms with Gasteiger partial charge in [-0.15, -0.1) is 6.58 Å². The molecule has 0 saturated carbocycles. The highest BCUT2D eigenvalue weighted by Gasteiger charge is 2.10. The van der Waals surface area contributed by atoms with E-state index in [0.29, 0.717) is 23.9 Å². The third-order valence-electron chi connectivity index (χ3n) is 3.12. The molecule has 1 heterocycles. The molecule has 0 aliphatic rings. The Labute approximate surface area is 130 Å². The first kappa shape index (κ1) is 15.7. The molecule has 5 heteroatoms. The fourth-order valence-corrected chi connectivity index (χ4v) is 1.97. The lowest BCUT2D eigenvalue weighted by atomic mass is 10.1. The van der Waals surface area contributed by atoms with Gasteiger partial charge in [-0.3, -0.25) is 4.79 Å². The van der Waals surface area contributed by atoms with E-state index in [1.807, 2.05) is 24.3 Å². The molecule has 1 aromatic heterocycles. The van der Waals surface area contributed by atoms with Gasteiger partial charge in [0, 0.05) is 18.3 Å². The van der Waals surface area contributed by atoms with E-state index < -0.39 is 0 Å². The van der Waals surface area contributed by atoms with Crippen molar-refractivity contribution in [3.05, 3.63) is 60.1 Å². The molecule has 2 aromatic rings. The molecule has 114 valence electrons. The van der Waals surface area contributed by atoms with Crippen molar-refractivity contribution in [3.8, 4) is 0 Å². The largest absolute Gasteiger partial charge is 0.366 e. The zero-order valence-electron chi connectivity index (χ0n) is 12.9. The monoisotopic (exact) mass is 296 g/mol. The lowest BCUT2D eigenvalue weighted by Crippen LogP contribution is -2.16. The van der Waals surface area contributed by atoms with Gasteiger partial charge in [-0.1, -0.05) is 25.1 Å². The molecule has 1 amide bonds. The summed E-state index contributed by atoms with van der Waals surface area (Å²) in [5, 5.41) is 5.90. The van der Waals surface area contributed by atoms with Crippen LogP contribution >= 0.6 is 0 Å². The molecule has 2 N–H and O–H groups in total. The number of aryl methyl sites for hydroxylation is 2. The number of anilines is 2. The zero-order chi connectivity index (χ0) is 15.9. The van der Waals surface area contributed by atoms with Crippen LogP contribution in [0, 0.1) is 6.92 Å². The number of hydrogen-bond donors (Lipinski definition) is 2. The summed E-state index contributed by atoms with van der Waals surface area (Å²) in [6.45, 7) is 8.07. The van der Waals surface area contributed by atoms with Gasteiger partial charge >= 0.3 is 0 Å². The van der Waals surface area contributed by atoms with E-state index in [1.165, 1.54) is 5.56 Å². The van der Waals surface area contributed by atoms with E-state index in [2.05, 4.69) is 34.1 Å². The number of carbonyl (C=O) groups is 1. The molecule has 0 bridgehead atoms. The van der Waals surface area contributed by atoms with Gasteiger partial charge < -0.3 is 10.6 Å². The Morgan fingerprint density at radius 1 is 1.27 bits per heavy atom. The molecule has 0 saturated heterocycles. The molecule has 22 heavy (non-hydrogen) atoms. The van der Waals surface area contributed by atoms with E-state index in [4.69, 9.17) is 0 Å². The average Bonchev–Trinajstić information content (AvgIpc) is 2.53. The summed E-state index contributed by atoms with van der Waals surface area (Å²) in [5.74, 6) is 0.899. The van der Waals surface area contributed by atoms with Gasteiger partial charge in [-0.2, -0.15) is 0 Å². The Bertz CT molecular complexity index is 665. The highest BCUT2D eigenvalue weighted by molar-refractivity contribution is 6.03. The Balaban J connectivity index is 2.13. The number of aromatic nitrogens is 2. The molecule has 0 fully saturated rings. The SMILES string of the molecule is C=CCNc1cc(C(=O)Nc2ccc(CC)cc2)nc(C)n1. The van der Waals surface area contributed by atoms with Crippen LogP contribution < -0.4 is 10.6 Å². The standard InChI is InChI=1S/C17H20N4O/c1-4-10-18-16-11-15(19-12(3)20-16)17(22)21-14-8-6-13(5-2)7-9-14/h4,6-9,11H,1,5,10H2,2-3H3,(H,21,22)(H,18,19,20). The van der Waals surface area contributed by atoms with Gasteiger partial charge in [0.1, 0.15) is 17.3 Å². The molecule has 0 aliphatic carbocycles. The summed E-state index contributed by atoms with van der Waals surface area (Å²) in [4.78, 5) is 20.7. The summed E-state index contributed by atoms with van der Waals surface area (Å²) in [6.07, 6.45) is 2.70. The van der Waals surface area contributed by atoms with Crippen LogP contribution in [0.4, 0.5) is 11.5 Å². The molecule has 5 nitrogen and oxygen atoms in total. The molecule has 0 unspecified atom stereocenters. The Hall–Kier alpha value is -2.69. The summed E-state index contributed by atoms with van der Waals surface area (Å²) < 4.78 is 0. The maximum absolute atomic E-state index is 12.3. The van der Waals surface area contributed by atoms with Crippen LogP contribution in [0.1, 0.15) is 28.8 Å². The van der Waals surface area contributed by atoms with E-state index >= 15 is 0 Å². The second-order valence-electron chi connectivity index (χ2n) is 4.86. The van der Waals surface area contributed by atoms with E-state index in [0.717, 1.165) is 12.1 Å². The molecule has 0 atom stereocenters. The zero-order valence-corrected chi connectivity index (χ0v) is 12.9. The van der Waals surface area contributed by atoms with Gasteiger partial charge in [-0.25, -0.2) is 9.97 Å². The smallest absolute Gasteiger partial charge is 0.274 e. The van der Waals surface area contributed by atoms with Crippen molar-refractivity contribution in [2.45, 2.75) is 20.3 Å². The number of nitrogens with zero attached hydrogens (tertiary/aromatic N) is 2. The van der Waals surface area contributed by atoms with Gasteiger partial charge in [0.15, 0.2) is 0 Å². The van der Waals surface area contributed by atoms with Crippen molar-refractivity contribution in [1.29, 1.82) is 0 Å².